The van der Waals surface area contributed by atoms with Crippen molar-refractivity contribution in [2.45, 2.75) is 39.4 Å². The Labute approximate surface area is 112 Å². The van der Waals surface area contributed by atoms with Gasteiger partial charge in [-0.15, -0.1) is 0 Å². The fourth-order valence-corrected chi connectivity index (χ4v) is 2.76. The highest BCUT2D eigenvalue weighted by Gasteiger charge is 2.32. The maximum atomic E-state index is 5.95. The molecule has 1 atom stereocenters. The van der Waals surface area contributed by atoms with Gasteiger partial charge in [0.25, 0.3) is 5.78 Å². The maximum absolute atomic E-state index is 5.95. The predicted molar refractivity (Wildman–Crippen MR) is 72.4 cm³/mol. The standard InChI is InChI=1S/C13H19N5O/c1-9-5-11(18-12(16-9)14-8-15-18)17-6-10(2)19-13(3,4)7-17/h5,8,10H,6-7H2,1-4H3/t10-/m1/s1. The van der Waals surface area contributed by atoms with Crippen LogP contribution in [0.3, 0.4) is 0 Å². The molecule has 3 heterocycles. The molecular formula is C13H19N5O. The second kappa shape index (κ2) is 4.16. The van der Waals surface area contributed by atoms with Crippen molar-refractivity contribution in [3.63, 3.8) is 0 Å². The molecule has 6 nitrogen and oxygen atoms in total. The Morgan fingerprint density at radius 1 is 1.42 bits per heavy atom. The van der Waals surface area contributed by atoms with Crippen LogP contribution >= 0.6 is 0 Å². The van der Waals surface area contributed by atoms with Crippen molar-refractivity contribution >= 4 is 11.6 Å². The van der Waals surface area contributed by atoms with Crippen molar-refractivity contribution in [1.29, 1.82) is 0 Å². The molecule has 2 aromatic rings. The van der Waals surface area contributed by atoms with Gasteiger partial charge < -0.3 is 9.64 Å². The second-order valence-electron chi connectivity index (χ2n) is 5.80. The van der Waals surface area contributed by atoms with Gasteiger partial charge in [0.05, 0.1) is 11.7 Å². The van der Waals surface area contributed by atoms with Crippen LogP contribution in [0, 0.1) is 6.92 Å². The highest BCUT2D eigenvalue weighted by atomic mass is 16.5. The third-order valence-corrected chi connectivity index (χ3v) is 3.25. The molecule has 0 aliphatic carbocycles. The van der Waals surface area contributed by atoms with E-state index in [0.717, 1.165) is 24.6 Å². The van der Waals surface area contributed by atoms with E-state index in [1.165, 1.54) is 0 Å². The first kappa shape index (κ1) is 12.3. The van der Waals surface area contributed by atoms with E-state index in [1.807, 2.05) is 6.92 Å². The van der Waals surface area contributed by atoms with E-state index in [9.17, 15) is 0 Å². The molecule has 0 bridgehead atoms. The lowest BCUT2D eigenvalue weighted by Crippen LogP contribution is -2.52. The highest BCUT2D eigenvalue weighted by molar-refractivity contribution is 5.48. The summed E-state index contributed by atoms with van der Waals surface area (Å²) in [5.74, 6) is 1.68. The molecule has 3 rings (SSSR count). The van der Waals surface area contributed by atoms with Crippen molar-refractivity contribution in [1.82, 2.24) is 19.6 Å². The van der Waals surface area contributed by atoms with Crippen molar-refractivity contribution in [2.75, 3.05) is 18.0 Å². The molecule has 1 saturated heterocycles. The molecule has 0 saturated carbocycles. The number of nitrogens with zero attached hydrogens (tertiary/aromatic N) is 5. The van der Waals surface area contributed by atoms with Gasteiger partial charge >= 0.3 is 0 Å². The second-order valence-corrected chi connectivity index (χ2v) is 5.80. The van der Waals surface area contributed by atoms with Crippen molar-refractivity contribution in [2.24, 2.45) is 0 Å². The molecule has 1 aliphatic heterocycles. The van der Waals surface area contributed by atoms with E-state index in [2.05, 4.69) is 46.8 Å². The number of rotatable bonds is 1. The Morgan fingerprint density at radius 3 is 2.95 bits per heavy atom. The van der Waals surface area contributed by atoms with Gasteiger partial charge in [0.15, 0.2) is 0 Å². The molecule has 0 unspecified atom stereocenters. The summed E-state index contributed by atoms with van der Waals surface area (Å²) in [4.78, 5) is 10.8. The lowest BCUT2D eigenvalue weighted by atomic mass is 10.1. The van der Waals surface area contributed by atoms with Crippen LogP contribution in [0.15, 0.2) is 12.4 Å². The zero-order chi connectivity index (χ0) is 13.6. The normalized spacial score (nSPS) is 22.9. The van der Waals surface area contributed by atoms with Gasteiger partial charge in [0.2, 0.25) is 0 Å². The molecule has 0 N–H and O–H groups in total. The molecule has 0 radical (unpaired) electrons. The van der Waals surface area contributed by atoms with Gasteiger partial charge in [-0.25, -0.2) is 4.98 Å². The summed E-state index contributed by atoms with van der Waals surface area (Å²) in [6, 6.07) is 2.05. The molecule has 6 heteroatoms. The Morgan fingerprint density at radius 2 is 2.21 bits per heavy atom. The Balaban J connectivity index is 2.06. The largest absolute Gasteiger partial charge is 0.369 e. The average Bonchev–Trinajstić information content (AvgIpc) is 2.72. The fourth-order valence-electron chi connectivity index (χ4n) is 2.76. The lowest BCUT2D eigenvalue weighted by molar-refractivity contribution is -0.0752. The number of anilines is 1. The van der Waals surface area contributed by atoms with Crippen molar-refractivity contribution < 1.29 is 4.74 Å². The van der Waals surface area contributed by atoms with E-state index in [1.54, 1.807) is 10.8 Å². The van der Waals surface area contributed by atoms with Crippen molar-refractivity contribution in [3.05, 3.63) is 18.1 Å². The van der Waals surface area contributed by atoms with Gasteiger partial charge in [0, 0.05) is 24.8 Å². The quantitative estimate of drug-likeness (QED) is 0.777. The summed E-state index contributed by atoms with van der Waals surface area (Å²) in [6.45, 7) is 9.98. The van der Waals surface area contributed by atoms with E-state index in [4.69, 9.17) is 4.74 Å². The third kappa shape index (κ3) is 2.28. The van der Waals surface area contributed by atoms with Crippen molar-refractivity contribution in [3.8, 4) is 0 Å². The van der Waals surface area contributed by atoms with Gasteiger partial charge in [0.1, 0.15) is 12.1 Å². The molecule has 0 amide bonds. The minimum atomic E-state index is -0.165. The number of hydrogen-bond acceptors (Lipinski definition) is 5. The predicted octanol–water partition coefficient (Wildman–Crippen LogP) is 1.44. The average molecular weight is 261 g/mol. The SMILES string of the molecule is Cc1cc(N2C[C@@H](C)OC(C)(C)C2)n2ncnc2n1. The number of aryl methyl sites for hydroxylation is 1. The van der Waals surface area contributed by atoms with Crippen LogP contribution in [-0.4, -0.2) is 44.4 Å². The van der Waals surface area contributed by atoms with Crippen LogP contribution in [0.1, 0.15) is 26.5 Å². The molecule has 102 valence electrons. The number of aromatic nitrogens is 4. The van der Waals surface area contributed by atoms with Crippen LogP contribution in [0.4, 0.5) is 5.82 Å². The summed E-state index contributed by atoms with van der Waals surface area (Å²) in [5.41, 5.74) is 0.786. The minimum absolute atomic E-state index is 0.165. The highest BCUT2D eigenvalue weighted by Crippen LogP contribution is 2.26. The zero-order valence-corrected chi connectivity index (χ0v) is 11.8. The number of morpholine rings is 1. The van der Waals surface area contributed by atoms with Gasteiger partial charge in [-0.3, -0.25) is 0 Å². The van der Waals surface area contributed by atoms with E-state index < -0.39 is 0 Å². The van der Waals surface area contributed by atoms with Gasteiger partial charge in [-0.1, -0.05) is 0 Å². The summed E-state index contributed by atoms with van der Waals surface area (Å²) in [6.07, 6.45) is 1.73. The Bertz CT molecular complexity index is 606. The zero-order valence-electron chi connectivity index (χ0n) is 11.8. The van der Waals surface area contributed by atoms with E-state index in [0.29, 0.717) is 5.78 Å². The van der Waals surface area contributed by atoms with Gasteiger partial charge in [-0.2, -0.15) is 14.6 Å². The minimum Gasteiger partial charge on any atom is -0.369 e. The van der Waals surface area contributed by atoms with Crippen LogP contribution in [0.2, 0.25) is 0 Å². The first-order valence-electron chi connectivity index (χ1n) is 6.55. The first-order chi connectivity index (χ1) is 8.94. The molecule has 0 aromatic carbocycles. The fraction of sp³-hybridized carbons (Fsp3) is 0.615. The van der Waals surface area contributed by atoms with Gasteiger partial charge in [-0.05, 0) is 27.7 Å². The lowest BCUT2D eigenvalue weighted by Gasteiger charge is -2.42. The monoisotopic (exact) mass is 261 g/mol. The summed E-state index contributed by atoms with van der Waals surface area (Å²) in [7, 11) is 0. The molecule has 19 heavy (non-hydrogen) atoms. The van der Waals surface area contributed by atoms with Crippen LogP contribution in [0.5, 0.6) is 0 Å². The topological polar surface area (TPSA) is 55.6 Å². The molecule has 2 aromatic heterocycles. The Kier molecular flexibility index (Phi) is 2.70. The number of hydrogen-bond donors (Lipinski definition) is 0. The van der Waals surface area contributed by atoms with Crippen LogP contribution < -0.4 is 4.90 Å². The number of ether oxygens (including phenoxy) is 1. The van der Waals surface area contributed by atoms with Crippen LogP contribution in [-0.2, 0) is 4.74 Å². The molecule has 0 spiro atoms. The van der Waals surface area contributed by atoms with E-state index in [-0.39, 0.29) is 11.7 Å². The number of fused-ring (bicyclic) bond motifs is 1. The maximum Gasteiger partial charge on any atom is 0.254 e. The first-order valence-corrected chi connectivity index (χ1v) is 6.55. The smallest absolute Gasteiger partial charge is 0.254 e. The third-order valence-electron chi connectivity index (χ3n) is 3.25. The summed E-state index contributed by atoms with van der Waals surface area (Å²) < 4.78 is 7.74. The van der Waals surface area contributed by atoms with Crippen LogP contribution in [0.25, 0.3) is 5.78 Å². The molecule has 1 fully saturated rings. The van der Waals surface area contributed by atoms with E-state index >= 15 is 0 Å². The molecule has 1 aliphatic rings. The Hall–Kier alpha value is -1.69. The summed E-state index contributed by atoms with van der Waals surface area (Å²) in [5, 5.41) is 4.27. The summed E-state index contributed by atoms with van der Waals surface area (Å²) >= 11 is 0. The molecular weight excluding hydrogens is 242 g/mol.